The summed E-state index contributed by atoms with van der Waals surface area (Å²) >= 11 is 0. The number of rotatable bonds is 2. The predicted molar refractivity (Wildman–Crippen MR) is 96.0 cm³/mol. The summed E-state index contributed by atoms with van der Waals surface area (Å²) in [4.78, 5) is 2.47. The number of nitrogens with zero attached hydrogens (tertiary/aromatic N) is 1. The molecule has 0 aromatic heterocycles. The van der Waals surface area contributed by atoms with E-state index in [9.17, 15) is 5.11 Å². The van der Waals surface area contributed by atoms with Gasteiger partial charge in [-0.1, -0.05) is 24.3 Å². The molecule has 2 aromatic rings. The molecule has 0 amide bonds. The minimum Gasteiger partial charge on any atom is -0.449 e. The quantitative estimate of drug-likeness (QED) is 0.913. The Hall–Kier alpha value is -2.04. The minimum absolute atomic E-state index is 0.0419. The summed E-state index contributed by atoms with van der Waals surface area (Å²) in [6.07, 6.45) is 2.55. The van der Waals surface area contributed by atoms with Gasteiger partial charge in [0.1, 0.15) is 0 Å². The monoisotopic (exact) mass is 337 g/mol. The molecule has 25 heavy (non-hydrogen) atoms. The Morgan fingerprint density at radius 1 is 1.20 bits per heavy atom. The van der Waals surface area contributed by atoms with E-state index in [0.29, 0.717) is 12.5 Å². The predicted octanol–water partition coefficient (Wildman–Crippen LogP) is 3.31. The third kappa shape index (κ3) is 2.14. The van der Waals surface area contributed by atoms with Crippen LogP contribution in [-0.2, 0) is 12.8 Å². The summed E-state index contributed by atoms with van der Waals surface area (Å²) in [6.45, 7) is 3.05. The first-order chi connectivity index (χ1) is 12.1. The summed E-state index contributed by atoms with van der Waals surface area (Å²) in [5.74, 6) is 0.845. The topological polar surface area (TPSA) is 41.9 Å². The Kier molecular flexibility index (Phi) is 3.19. The zero-order valence-corrected chi connectivity index (χ0v) is 14.7. The van der Waals surface area contributed by atoms with Crippen molar-refractivity contribution in [3.63, 3.8) is 0 Å². The van der Waals surface area contributed by atoms with Crippen LogP contribution >= 0.6 is 0 Å². The lowest BCUT2D eigenvalue weighted by atomic mass is 9.77. The number of ether oxygens (including phenoxy) is 2. The van der Waals surface area contributed by atoms with Gasteiger partial charge in [-0.15, -0.1) is 0 Å². The van der Waals surface area contributed by atoms with E-state index in [-0.39, 0.29) is 6.61 Å². The summed E-state index contributed by atoms with van der Waals surface area (Å²) in [7, 11) is 2.22. The fourth-order valence-corrected chi connectivity index (χ4v) is 4.61. The van der Waals surface area contributed by atoms with E-state index in [0.717, 1.165) is 30.9 Å². The van der Waals surface area contributed by atoms with Gasteiger partial charge >= 0.3 is 0 Å². The number of likely N-dealkylation sites (N-methyl/N-ethyl adjacent to an activating group) is 1. The van der Waals surface area contributed by atoms with E-state index in [1.54, 1.807) is 0 Å². The second-order valence-corrected chi connectivity index (χ2v) is 7.57. The normalized spacial score (nSPS) is 26.3. The molecule has 130 valence electrons. The molecule has 3 aliphatic rings. The smallest absolute Gasteiger partial charge is 0.251 e. The van der Waals surface area contributed by atoms with Crippen molar-refractivity contribution >= 4 is 0 Å². The average Bonchev–Trinajstić information content (AvgIpc) is 2.94. The van der Waals surface area contributed by atoms with Crippen LogP contribution in [0.25, 0.3) is 11.1 Å². The zero-order chi connectivity index (χ0) is 17.2. The largest absolute Gasteiger partial charge is 0.449 e. The van der Waals surface area contributed by atoms with E-state index >= 15 is 0 Å². The SMILES string of the molecule is CN1CCc2cccc3c2[C@H]1Cc1ccc2c(c1-3)OC(C)(CCO)O2. The second kappa shape index (κ2) is 5.23. The van der Waals surface area contributed by atoms with Gasteiger partial charge in [0.2, 0.25) is 0 Å². The van der Waals surface area contributed by atoms with Crippen LogP contribution in [0.15, 0.2) is 30.3 Å². The van der Waals surface area contributed by atoms with Crippen molar-refractivity contribution in [3.8, 4) is 22.6 Å². The highest BCUT2D eigenvalue weighted by molar-refractivity contribution is 5.83. The van der Waals surface area contributed by atoms with Gasteiger partial charge in [-0.3, -0.25) is 4.90 Å². The van der Waals surface area contributed by atoms with Gasteiger partial charge < -0.3 is 14.6 Å². The van der Waals surface area contributed by atoms with Crippen molar-refractivity contribution in [2.24, 2.45) is 0 Å². The maximum absolute atomic E-state index is 9.34. The first kappa shape index (κ1) is 15.2. The standard InChI is InChI=1S/C21H23NO3/c1-21(9-11-23)24-17-7-6-14-12-16-18-13(8-10-22(16)2)4-3-5-15(18)19(14)20(17)25-21/h3-7,16,23H,8-12H2,1-2H3/t16-,21?/m1/s1. The average molecular weight is 337 g/mol. The Morgan fingerprint density at radius 2 is 2.08 bits per heavy atom. The van der Waals surface area contributed by atoms with E-state index in [2.05, 4.69) is 36.2 Å². The van der Waals surface area contributed by atoms with E-state index < -0.39 is 5.79 Å². The Morgan fingerprint density at radius 3 is 2.92 bits per heavy atom. The van der Waals surface area contributed by atoms with Crippen LogP contribution in [0.2, 0.25) is 0 Å². The van der Waals surface area contributed by atoms with Crippen LogP contribution < -0.4 is 9.47 Å². The molecule has 4 nitrogen and oxygen atoms in total. The molecule has 4 heteroatoms. The van der Waals surface area contributed by atoms with Crippen LogP contribution in [0.1, 0.15) is 36.1 Å². The van der Waals surface area contributed by atoms with E-state index in [4.69, 9.17) is 9.47 Å². The highest BCUT2D eigenvalue weighted by Gasteiger charge is 2.41. The molecule has 0 saturated carbocycles. The van der Waals surface area contributed by atoms with Crippen molar-refractivity contribution in [2.75, 3.05) is 20.2 Å². The molecule has 2 atom stereocenters. The van der Waals surface area contributed by atoms with Crippen molar-refractivity contribution in [1.82, 2.24) is 4.90 Å². The second-order valence-electron chi connectivity index (χ2n) is 7.57. The van der Waals surface area contributed by atoms with Gasteiger partial charge in [0, 0.05) is 31.5 Å². The molecule has 2 heterocycles. The van der Waals surface area contributed by atoms with Gasteiger partial charge in [0.25, 0.3) is 5.79 Å². The fourth-order valence-electron chi connectivity index (χ4n) is 4.61. The van der Waals surface area contributed by atoms with Gasteiger partial charge in [-0.05, 0) is 48.2 Å². The molecule has 0 bridgehead atoms. The molecule has 2 aliphatic heterocycles. The first-order valence-corrected chi connectivity index (χ1v) is 9.07. The van der Waals surface area contributed by atoms with Crippen molar-refractivity contribution < 1.29 is 14.6 Å². The molecule has 0 radical (unpaired) electrons. The molecule has 1 N–H and O–H groups in total. The van der Waals surface area contributed by atoms with E-state index in [1.165, 1.54) is 27.8 Å². The van der Waals surface area contributed by atoms with E-state index in [1.807, 2.05) is 13.0 Å². The van der Waals surface area contributed by atoms with Gasteiger partial charge in [0.05, 0.1) is 6.61 Å². The van der Waals surface area contributed by atoms with Crippen LogP contribution in [0.5, 0.6) is 11.5 Å². The third-order valence-electron chi connectivity index (χ3n) is 5.90. The van der Waals surface area contributed by atoms with Gasteiger partial charge in [-0.25, -0.2) is 0 Å². The molecular formula is C21H23NO3. The minimum atomic E-state index is -0.783. The lowest BCUT2D eigenvalue weighted by molar-refractivity contribution is -0.0767. The van der Waals surface area contributed by atoms with Crippen LogP contribution in [0, 0.1) is 0 Å². The number of hydrogen-bond acceptors (Lipinski definition) is 4. The number of hydrogen-bond donors (Lipinski definition) is 1. The Labute approximate surface area is 148 Å². The number of aliphatic hydroxyl groups is 1. The zero-order valence-electron chi connectivity index (χ0n) is 14.7. The van der Waals surface area contributed by atoms with Crippen LogP contribution in [-0.4, -0.2) is 36.0 Å². The number of aliphatic hydroxyl groups excluding tert-OH is 1. The summed E-state index contributed by atoms with van der Waals surface area (Å²) in [5, 5.41) is 9.34. The molecule has 5 rings (SSSR count). The maximum atomic E-state index is 9.34. The fraction of sp³-hybridized carbons (Fsp3) is 0.429. The van der Waals surface area contributed by atoms with Crippen molar-refractivity contribution in [3.05, 3.63) is 47.0 Å². The Bertz CT molecular complexity index is 862. The van der Waals surface area contributed by atoms with Crippen molar-refractivity contribution in [2.45, 2.75) is 38.0 Å². The molecule has 1 unspecified atom stereocenters. The molecule has 2 aromatic carbocycles. The van der Waals surface area contributed by atoms with Crippen LogP contribution in [0.4, 0.5) is 0 Å². The van der Waals surface area contributed by atoms with Gasteiger partial charge in [-0.2, -0.15) is 0 Å². The highest BCUT2D eigenvalue weighted by Crippen LogP contribution is 2.54. The Balaban J connectivity index is 1.70. The molecule has 0 fully saturated rings. The molecule has 0 saturated heterocycles. The van der Waals surface area contributed by atoms with Gasteiger partial charge in [0.15, 0.2) is 11.5 Å². The van der Waals surface area contributed by atoms with Crippen molar-refractivity contribution in [1.29, 1.82) is 0 Å². The summed E-state index contributed by atoms with van der Waals surface area (Å²) < 4.78 is 12.3. The summed E-state index contributed by atoms with van der Waals surface area (Å²) in [5.41, 5.74) is 6.70. The van der Waals surface area contributed by atoms with Crippen LogP contribution in [0.3, 0.4) is 0 Å². The lowest BCUT2D eigenvalue weighted by Crippen LogP contribution is -2.36. The lowest BCUT2D eigenvalue weighted by Gasteiger charge is -2.39. The summed E-state index contributed by atoms with van der Waals surface area (Å²) in [6, 6.07) is 11.3. The molecule has 0 spiro atoms. The molecular weight excluding hydrogens is 314 g/mol. The first-order valence-electron chi connectivity index (χ1n) is 9.07. The third-order valence-corrected chi connectivity index (χ3v) is 5.90. The number of fused-ring (bicyclic) bond motifs is 4. The number of benzene rings is 2. The maximum Gasteiger partial charge on any atom is 0.251 e. The molecule has 1 aliphatic carbocycles. The highest BCUT2D eigenvalue weighted by atomic mass is 16.7.